The van der Waals surface area contributed by atoms with Crippen molar-refractivity contribution in [2.24, 2.45) is 0 Å². The average molecular weight is 365 g/mol. The van der Waals surface area contributed by atoms with Gasteiger partial charge in [0.2, 0.25) is 0 Å². The van der Waals surface area contributed by atoms with Crippen molar-refractivity contribution in [2.45, 2.75) is 6.92 Å². The number of nitrogens with zero attached hydrogens (tertiary/aromatic N) is 1. The maximum Gasteiger partial charge on any atom is 0.296 e. The molecule has 0 spiro atoms. The number of carbonyl (C=O) groups excluding carboxylic acids is 3. The summed E-state index contributed by atoms with van der Waals surface area (Å²) < 4.78 is 0. The Bertz CT molecular complexity index is 933. The van der Waals surface area contributed by atoms with Gasteiger partial charge in [-0.2, -0.15) is 0 Å². The van der Waals surface area contributed by atoms with Gasteiger partial charge in [0.25, 0.3) is 17.6 Å². The number of nitrogens with one attached hydrogen (secondary N) is 2. The van der Waals surface area contributed by atoms with Crippen molar-refractivity contribution in [2.75, 3.05) is 10.6 Å². The second-order valence-corrected chi connectivity index (χ2v) is 6.41. The molecule has 130 valence electrons. The van der Waals surface area contributed by atoms with E-state index in [0.29, 0.717) is 21.9 Å². The van der Waals surface area contributed by atoms with E-state index >= 15 is 0 Å². The second-order valence-electron chi connectivity index (χ2n) is 5.52. The predicted octanol–water partition coefficient (Wildman–Crippen LogP) is 3.53. The Hall–Kier alpha value is -3.32. The number of ketones is 1. The minimum atomic E-state index is -0.728. The fourth-order valence-electron chi connectivity index (χ4n) is 2.18. The summed E-state index contributed by atoms with van der Waals surface area (Å²) in [5.41, 5.74) is 2.19. The molecule has 0 aliphatic carbocycles. The molecule has 2 aromatic carbocycles. The molecular weight excluding hydrogens is 350 g/mol. The number of hydrogen-bond donors (Lipinski definition) is 2. The Kier molecular flexibility index (Phi) is 5.19. The lowest BCUT2D eigenvalue weighted by Crippen LogP contribution is -2.22. The molecule has 0 aliphatic heterocycles. The van der Waals surface area contributed by atoms with Gasteiger partial charge >= 0.3 is 0 Å². The SMILES string of the molecule is Cc1ccc(C(=O)C(=O)Nc2ccc(C(=O)Nc3nccs3)cc2)cc1. The minimum absolute atomic E-state index is 0.298. The van der Waals surface area contributed by atoms with E-state index in [1.165, 1.54) is 11.3 Å². The number of carbonyl (C=O) groups is 3. The van der Waals surface area contributed by atoms with Crippen molar-refractivity contribution in [3.63, 3.8) is 0 Å². The van der Waals surface area contributed by atoms with Gasteiger partial charge in [-0.05, 0) is 31.2 Å². The molecule has 0 fully saturated rings. The lowest BCUT2D eigenvalue weighted by Gasteiger charge is -2.06. The van der Waals surface area contributed by atoms with Crippen LogP contribution >= 0.6 is 11.3 Å². The Labute approximate surface area is 153 Å². The van der Waals surface area contributed by atoms with E-state index in [-0.39, 0.29) is 5.91 Å². The number of benzene rings is 2. The predicted molar refractivity (Wildman–Crippen MR) is 101 cm³/mol. The third-order valence-corrected chi connectivity index (χ3v) is 4.27. The van der Waals surface area contributed by atoms with Crippen LogP contribution in [0.5, 0.6) is 0 Å². The van der Waals surface area contributed by atoms with Crippen LogP contribution in [0, 0.1) is 6.92 Å². The summed E-state index contributed by atoms with van der Waals surface area (Å²) in [7, 11) is 0. The summed E-state index contributed by atoms with van der Waals surface area (Å²) in [4.78, 5) is 40.3. The molecule has 1 heterocycles. The molecule has 7 heteroatoms. The topological polar surface area (TPSA) is 88.2 Å². The first kappa shape index (κ1) is 17.5. The zero-order valence-electron chi connectivity index (χ0n) is 13.9. The molecule has 26 heavy (non-hydrogen) atoms. The molecule has 0 atom stereocenters. The van der Waals surface area contributed by atoms with Crippen LogP contribution in [-0.2, 0) is 4.79 Å². The van der Waals surface area contributed by atoms with E-state index in [9.17, 15) is 14.4 Å². The molecule has 0 radical (unpaired) electrons. The zero-order chi connectivity index (χ0) is 18.5. The molecular formula is C19H15N3O3S. The number of Topliss-reactive ketones (excluding diaryl/α,β-unsaturated/α-hetero) is 1. The van der Waals surface area contributed by atoms with Crippen LogP contribution in [0.25, 0.3) is 0 Å². The fourth-order valence-corrected chi connectivity index (χ4v) is 2.71. The molecule has 0 unspecified atom stereocenters. The Morgan fingerprint density at radius 3 is 2.15 bits per heavy atom. The van der Waals surface area contributed by atoms with Crippen LogP contribution in [0.15, 0.2) is 60.1 Å². The van der Waals surface area contributed by atoms with Gasteiger partial charge < -0.3 is 5.32 Å². The zero-order valence-corrected chi connectivity index (χ0v) is 14.7. The van der Waals surface area contributed by atoms with E-state index < -0.39 is 11.7 Å². The Morgan fingerprint density at radius 1 is 0.885 bits per heavy atom. The van der Waals surface area contributed by atoms with Gasteiger partial charge in [0.05, 0.1) is 0 Å². The van der Waals surface area contributed by atoms with Gasteiger partial charge in [-0.3, -0.25) is 19.7 Å². The molecule has 2 amide bonds. The standard InChI is InChI=1S/C19H15N3O3S/c1-12-2-4-13(5-3-12)16(23)18(25)21-15-8-6-14(7-9-15)17(24)22-19-20-10-11-26-19/h2-11H,1H3,(H,21,25)(H,20,22,24). The summed E-state index contributed by atoms with van der Waals surface area (Å²) in [5, 5.41) is 7.48. The van der Waals surface area contributed by atoms with Crippen LogP contribution in [-0.4, -0.2) is 22.6 Å². The molecule has 2 N–H and O–H groups in total. The van der Waals surface area contributed by atoms with Crippen molar-refractivity contribution < 1.29 is 14.4 Å². The number of rotatable bonds is 5. The smallest absolute Gasteiger partial charge is 0.296 e. The molecule has 1 aromatic heterocycles. The van der Waals surface area contributed by atoms with Gasteiger partial charge in [-0.25, -0.2) is 4.98 Å². The van der Waals surface area contributed by atoms with Crippen molar-refractivity contribution in [1.82, 2.24) is 4.98 Å². The highest BCUT2D eigenvalue weighted by Gasteiger charge is 2.16. The van der Waals surface area contributed by atoms with Gasteiger partial charge in [0.1, 0.15) is 0 Å². The number of anilines is 2. The van der Waals surface area contributed by atoms with Crippen LogP contribution in [0.1, 0.15) is 26.3 Å². The third kappa shape index (κ3) is 4.20. The lowest BCUT2D eigenvalue weighted by molar-refractivity contribution is -0.112. The second kappa shape index (κ2) is 7.71. The Morgan fingerprint density at radius 2 is 1.54 bits per heavy atom. The number of aromatic nitrogens is 1. The normalized spacial score (nSPS) is 10.2. The number of amides is 2. The molecule has 6 nitrogen and oxygen atoms in total. The average Bonchev–Trinajstić information content (AvgIpc) is 3.15. The number of thiazole rings is 1. The Balaban J connectivity index is 1.63. The maximum absolute atomic E-state index is 12.1. The van der Waals surface area contributed by atoms with Crippen molar-refractivity contribution in [3.8, 4) is 0 Å². The van der Waals surface area contributed by atoms with Gasteiger partial charge in [0, 0.05) is 28.4 Å². The highest BCUT2D eigenvalue weighted by Crippen LogP contribution is 2.15. The highest BCUT2D eigenvalue weighted by molar-refractivity contribution is 7.13. The van der Waals surface area contributed by atoms with Crippen LogP contribution in [0.4, 0.5) is 10.8 Å². The van der Waals surface area contributed by atoms with Crippen LogP contribution in [0.3, 0.4) is 0 Å². The molecule has 3 aromatic rings. The van der Waals surface area contributed by atoms with Crippen LogP contribution < -0.4 is 10.6 Å². The first-order chi connectivity index (χ1) is 12.5. The van der Waals surface area contributed by atoms with E-state index in [4.69, 9.17) is 0 Å². The molecule has 0 saturated carbocycles. The summed E-state index contributed by atoms with van der Waals surface area (Å²) in [6.45, 7) is 1.90. The quantitative estimate of drug-likeness (QED) is 0.535. The summed E-state index contributed by atoms with van der Waals surface area (Å²) in [6.07, 6.45) is 1.60. The largest absolute Gasteiger partial charge is 0.319 e. The summed E-state index contributed by atoms with van der Waals surface area (Å²) >= 11 is 1.32. The number of aryl methyl sites for hydroxylation is 1. The van der Waals surface area contributed by atoms with E-state index in [2.05, 4.69) is 15.6 Å². The van der Waals surface area contributed by atoms with E-state index in [1.54, 1.807) is 60.1 Å². The fraction of sp³-hybridized carbons (Fsp3) is 0.0526. The van der Waals surface area contributed by atoms with Crippen molar-refractivity contribution >= 4 is 39.8 Å². The van der Waals surface area contributed by atoms with Gasteiger partial charge in [-0.15, -0.1) is 11.3 Å². The van der Waals surface area contributed by atoms with Crippen LogP contribution in [0.2, 0.25) is 0 Å². The van der Waals surface area contributed by atoms with E-state index in [1.807, 2.05) is 6.92 Å². The molecule has 0 saturated heterocycles. The monoisotopic (exact) mass is 365 g/mol. The van der Waals surface area contributed by atoms with Crippen molar-refractivity contribution in [1.29, 1.82) is 0 Å². The van der Waals surface area contributed by atoms with Gasteiger partial charge in [0.15, 0.2) is 5.13 Å². The summed E-state index contributed by atoms with van der Waals surface area (Å²) in [6, 6.07) is 13.0. The first-order valence-corrected chi connectivity index (χ1v) is 8.64. The molecule has 3 rings (SSSR count). The van der Waals surface area contributed by atoms with Gasteiger partial charge in [-0.1, -0.05) is 29.8 Å². The van der Waals surface area contributed by atoms with Crippen molar-refractivity contribution in [3.05, 3.63) is 76.8 Å². The first-order valence-electron chi connectivity index (χ1n) is 7.76. The summed E-state index contributed by atoms with van der Waals surface area (Å²) in [5.74, 6) is -1.64. The lowest BCUT2D eigenvalue weighted by atomic mass is 10.1. The molecule has 0 bridgehead atoms. The highest BCUT2D eigenvalue weighted by atomic mass is 32.1. The molecule has 0 aliphatic rings. The third-order valence-electron chi connectivity index (χ3n) is 3.58. The minimum Gasteiger partial charge on any atom is -0.319 e. The van der Waals surface area contributed by atoms with E-state index in [0.717, 1.165) is 5.56 Å². The maximum atomic E-state index is 12.1. The number of hydrogen-bond acceptors (Lipinski definition) is 5.